The third-order valence-electron chi connectivity index (χ3n) is 7.78. The zero-order valence-electron chi connectivity index (χ0n) is 19.3. The van der Waals surface area contributed by atoms with Crippen LogP contribution >= 0.6 is 0 Å². The highest BCUT2D eigenvalue weighted by Crippen LogP contribution is 2.61. The molecule has 172 valence electrons. The first kappa shape index (κ1) is 21.9. The molecule has 1 N–H and O–H groups in total. The fraction of sp³-hybridized carbons (Fsp3) is 0.519. The highest BCUT2D eigenvalue weighted by molar-refractivity contribution is 6.01. The number of nitrogens with one attached hydrogen (secondary N) is 1. The van der Waals surface area contributed by atoms with E-state index in [1.165, 1.54) is 38.5 Å². The van der Waals surface area contributed by atoms with E-state index in [9.17, 15) is 10.1 Å². The maximum Gasteiger partial charge on any atom is 0.261 e. The molecule has 0 saturated heterocycles. The minimum atomic E-state index is -0.336. The summed E-state index contributed by atoms with van der Waals surface area (Å²) in [5.74, 6) is 2.02. The maximum absolute atomic E-state index is 12.7. The van der Waals surface area contributed by atoms with E-state index in [1.54, 1.807) is 13.2 Å². The monoisotopic (exact) mass is 444 g/mol. The van der Waals surface area contributed by atoms with E-state index in [0.29, 0.717) is 19.6 Å². The first-order valence-electron chi connectivity index (χ1n) is 12.1. The van der Waals surface area contributed by atoms with Crippen LogP contribution in [0, 0.1) is 29.1 Å². The van der Waals surface area contributed by atoms with Crippen LogP contribution in [0.25, 0.3) is 11.8 Å². The Labute approximate surface area is 195 Å². The van der Waals surface area contributed by atoms with E-state index in [0.717, 1.165) is 34.7 Å². The number of nitrogens with zero attached hydrogens (tertiary/aromatic N) is 3. The second-order valence-electron chi connectivity index (χ2n) is 10.2. The average Bonchev–Trinajstić information content (AvgIpc) is 3.25. The first-order valence-corrected chi connectivity index (χ1v) is 12.1. The van der Waals surface area contributed by atoms with E-state index >= 15 is 0 Å². The highest BCUT2D eigenvalue weighted by Gasteiger charge is 2.53. The van der Waals surface area contributed by atoms with Gasteiger partial charge in [0.2, 0.25) is 0 Å². The predicted molar refractivity (Wildman–Crippen MR) is 127 cm³/mol. The smallest absolute Gasteiger partial charge is 0.261 e. The summed E-state index contributed by atoms with van der Waals surface area (Å²) in [6, 6.07) is 12.2. The van der Waals surface area contributed by atoms with Gasteiger partial charge in [-0.2, -0.15) is 10.4 Å². The molecule has 1 heterocycles. The molecule has 2 aromatic rings. The highest BCUT2D eigenvalue weighted by atomic mass is 16.5. The first-order chi connectivity index (χ1) is 16.1. The van der Waals surface area contributed by atoms with Crippen LogP contribution < -0.4 is 5.32 Å². The quantitative estimate of drug-likeness (QED) is 0.372. The molecule has 0 unspecified atom stereocenters. The molecule has 1 amide bonds. The van der Waals surface area contributed by atoms with Crippen molar-refractivity contribution in [1.82, 2.24) is 15.1 Å². The normalized spacial score (nSPS) is 28.0. The molecule has 33 heavy (non-hydrogen) atoms. The molecule has 1 aromatic heterocycles. The minimum Gasteiger partial charge on any atom is -0.385 e. The Bertz CT molecular complexity index is 1040. The van der Waals surface area contributed by atoms with Crippen LogP contribution in [0.4, 0.5) is 0 Å². The maximum atomic E-state index is 12.7. The van der Waals surface area contributed by atoms with Gasteiger partial charge in [-0.3, -0.25) is 4.79 Å². The summed E-state index contributed by atoms with van der Waals surface area (Å²) < 4.78 is 6.96. The zero-order valence-corrected chi connectivity index (χ0v) is 19.3. The van der Waals surface area contributed by atoms with Crippen molar-refractivity contribution in [3.05, 3.63) is 53.4 Å². The van der Waals surface area contributed by atoms with Crippen LogP contribution in [-0.2, 0) is 14.9 Å². The average molecular weight is 445 g/mol. The number of aromatic nitrogens is 2. The zero-order chi connectivity index (χ0) is 22.8. The molecule has 4 bridgehead atoms. The summed E-state index contributed by atoms with van der Waals surface area (Å²) in [5.41, 5.74) is 3.17. The van der Waals surface area contributed by atoms with Crippen LogP contribution in [-0.4, -0.2) is 35.9 Å². The van der Waals surface area contributed by atoms with Crippen LogP contribution in [0.5, 0.6) is 0 Å². The van der Waals surface area contributed by atoms with Gasteiger partial charge < -0.3 is 10.1 Å². The number of benzene rings is 1. The molecule has 4 saturated carbocycles. The molecule has 0 aliphatic heterocycles. The molecule has 1 aromatic carbocycles. The van der Waals surface area contributed by atoms with Gasteiger partial charge in [-0.25, -0.2) is 4.68 Å². The number of carbonyl (C=O) groups is 1. The largest absolute Gasteiger partial charge is 0.385 e. The third-order valence-corrected chi connectivity index (χ3v) is 7.78. The van der Waals surface area contributed by atoms with E-state index < -0.39 is 0 Å². The summed E-state index contributed by atoms with van der Waals surface area (Å²) >= 11 is 0. The minimum absolute atomic E-state index is 0.0656. The summed E-state index contributed by atoms with van der Waals surface area (Å²) in [4.78, 5) is 12.7. The molecule has 4 fully saturated rings. The molecule has 0 atom stereocenters. The van der Waals surface area contributed by atoms with Gasteiger partial charge in [0, 0.05) is 37.4 Å². The van der Waals surface area contributed by atoms with Crippen molar-refractivity contribution in [3.8, 4) is 11.8 Å². The number of hydrogen-bond donors (Lipinski definition) is 1. The summed E-state index contributed by atoms with van der Waals surface area (Å²) in [6.45, 7) is 1.06. The molecule has 4 aliphatic carbocycles. The van der Waals surface area contributed by atoms with Crippen molar-refractivity contribution in [2.24, 2.45) is 17.8 Å². The van der Waals surface area contributed by atoms with Crippen LogP contribution in [0.1, 0.15) is 56.2 Å². The van der Waals surface area contributed by atoms with Gasteiger partial charge in [-0.05, 0) is 80.9 Å². The van der Waals surface area contributed by atoms with E-state index in [2.05, 4.69) is 11.4 Å². The Balaban J connectivity index is 1.51. The second-order valence-corrected chi connectivity index (χ2v) is 10.2. The Kier molecular flexibility index (Phi) is 6.07. The Morgan fingerprint density at radius 1 is 1.21 bits per heavy atom. The number of methoxy groups -OCH3 is 1. The molecular weight excluding hydrogens is 412 g/mol. The standard InChI is InChI=1S/C27H32N4O2/c1-33-9-5-8-29-26(32)22(17-28)13-23-18-31(24-6-3-2-4-7-24)30-25(23)27-14-19-10-20(15-27)12-21(11-19)16-27/h2-4,6-7,13,18-21H,5,8-12,14-16H2,1H3,(H,29,32)/b22-13-. The fourth-order valence-electron chi connectivity index (χ4n) is 6.84. The molecule has 6 nitrogen and oxygen atoms in total. The summed E-state index contributed by atoms with van der Waals surface area (Å²) in [6.07, 6.45) is 12.1. The number of ether oxygens (including phenoxy) is 1. The number of amides is 1. The summed E-state index contributed by atoms with van der Waals surface area (Å²) in [5, 5.41) is 17.7. The van der Waals surface area contributed by atoms with Crippen molar-refractivity contribution in [3.63, 3.8) is 0 Å². The number of rotatable bonds is 8. The SMILES string of the molecule is COCCCNC(=O)/C(C#N)=C\c1cn(-c2ccccc2)nc1C12CC3CC(CC(C3)C1)C2. The molecule has 0 spiro atoms. The van der Waals surface area contributed by atoms with Crippen LogP contribution in [0.2, 0.25) is 0 Å². The van der Waals surface area contributed by atoms with Gasteiger partial charge >= 0.3 is 0 Å². The molecular formula is C27H32N4O2. The van der Waals surface area contributed by atoms with Gasteiger partial charge in [0.1, 0.15) is 11.6 Å². The van der Waals surface area contributed by atoms with Crippen molar-refractivity contribution in [1.29, 1.82) is 5.26 Å². The Morgan fingerprint density at radius 2 is 1.88 bits per heavy atom. The Morgan fingerprint density at radius 3 is 2.48 bits per heavy atom. The molecule has 0 radical (unpaired) electrons. The van der Waals surface area contributed by atoms with E-state index in [1.807, 2.05) is 41.2 Å². The van der Waals surface area contributed by atoms with Gasteiger partial charge in [0.05, 0.1) is 11.4 Å². The second kappa shape index (κ2) is 9.15. The lowest BCUT2D eigenvalue weighted by Gasteiger charge is -2.56. The lowest BCUT2D eigenvalue weighted by atomic mass is 9.48. The van der Waals surface area contributed by atoms with E-state index in [-0.39, 0.29) is 16.9 Å². The van der Waals surface area contributed by atoms with Gasteiger partial charge in [-0.15, -0.1) is 0 Å². The van der Waals surface area contributed by atoms with Crippen molar-refractivity contribution < 1.29 is 9.53 Å². The number of hydrogen-bond acceptors (Lipinski definition) is 4. The molecule has 6 heteroatoms. The van der Waals surface area contributed by atoms with Crippen LogP contribution in [0.3, 0.4) is 0 Å². The van der Waals surface area contributed by atoms with Gasteiger partial charge in [-0.1, -0.05) is 18.2 Å². The van der Waals surface area contributed by atoms with Crippen LogP contribution in [0.15, 0.2) is 42.1 Å². The number of para-hydroxylation sites is 1. The third kappa shape index (κ3) is 4.35. The fourth-order valence-corrected chi connectivity index (χ4v) is 6.84. The Hall–Kier alpha value is -2.91. The van der Waals surface area contributed by atoms with Gasteiger partial charge in [0.15, 0.2) is 0 Å². The topological polar surface area (TPSA) is 79.9 Å². The van der Waals surface area contributed by atoms with Crippen molar-refractivity contribution >= 4 is 12.0 Å². The summed E-state index contributed by atoms with van der Waals surface area (Å²) in [7, 11) is 1.64. The lowest BCUT2D eigenvalue weighted by molar-refractivity contribution is -0.117. The van der Waals surface area contributed by atoms with E-state index in [4.69, 9.17) is 9.84 Å². The van der Waals surface area contributed by atoms with Crippen molar-refractivity contribution in [2.75, 3.05) is 20.3 Å². The van der Waals surface area contributed by atoms with Crippen molar-refractivity contribution in [2.45, 2.75) is 50.4 Å². The molecule has 6 rings (SSSR count). The lowest BCUT2D eigenvalue weighted by Crippen LogP contribution is -2.49. The number of carbonyl (C=O) groups excluding carboxylic acids is 1. The predicted octanol–water partition coefficient (Wildman–Crippen LogP) is 4.40. The number of nitriles is 1. The van der Waals surface area contributed by atoms with Gasteiger partial charge in [0.25, 0.3) is 5.91 Å². The molecule has 4 aliphatic rings.